The van der Waals surface area contributed by atoms with Gasteiger partial charge in [-0.15, -0.1) is 0 Å². The second-order valence-electron chi connectivity index (χ2n) is 7.09. The van der Waals surface area contributed by atoms with Crippen molar-refractivity contribution in [1.29, 1.82) is 0 Å². The van der Waals surface area contributed by atoms with E-state index in [-0.39, 0.29) is 11.3 Å². The van der Waals surface area contributed by atoms with Gasteiger partial charge in [0.05, 0.1) is 0 Å². The van der Waals surface area contributed by atoms with Crippen molar-refractivity contribution in [3.8, 4) is 11.5 Å². The summed E-state index contributed by atoms with van der Waals surface area (Å²) >= 11 is 0. The second kappa shape index (κ2) is 6.43. The van der Waals surface area contributed by atoms with E-state index in [1.54, 1.807) is 19.1 Å². The molecule has 1 saturated heterocycles. The lowest BCUT2D eigenvalue weighted by molar-refractivity contribution is -0.130. The maximum Gasteiger partial charge on any atom is 0.219 e. The molecule has 2 aromatic rings. The summed E-state index contributed by atoms with van der Waals surface area (Å²) in [6, 6.07) is 11.5. The number of phenolic OH excluding ortho intramolecular Hbond substituents is 2. The van der Waals surface area contributed by atoms with Gasteiger partial charge in [0.1, 0.15) is 11.5 Å². The lowest BCUT2D eigenvalue weighted by Gasteiger charge is -2.43. The highest BCUT2D eigenvalue weighted by Gasteiger charge is 2.38. The number of aryl methyl sites for hydroxylation is 2. The van der Waals surface area contributed by atoms with Crippen molar-refractivity contribution in [2.24, 2.45) is 0 Å². The molecule has 1 fully saturated rings. The topological polar surface area (TPSA) is 60.8 Å². The molecule has 132 valence electrons. The van der Waals surface area contributed by atoms with E-state index in [4.69, 9.17) is 0 Å². The van der Waals surface area contributed by atoms with Crippen molar-refractivity contribution in [1.82, 2.24) is 4.90 Å². The van der Waals surface area contributed by atoms with Gasteiger partial charge in [0.25, 0.3) is 0 Å². The minimum absolute atomic E-state index is 0.109. The largest absolute Gasteiger partial charge is 0.508 e. The fourth-order valence-corrected chi connectivity index (χ4v) is 3.85. The lowest BCUT2D eigenvalue weighted by atomic mass is 9.67. The quantitative estimate of drug-likeness (QED) is 0.878. The zero-order chi connectivity index (χ0) is 18.2. The smallest absolute Gasteiger partial charge is 0.219 e. The molecular weight excluding hydrogens is 314 g/mol. The highest BCUT2D eigenvalue weighted by molar-refractivity contribution is 5.73. The Bertz CT molecular complexity index is 751. The van der Waals surface area contributed by atoms with Crippen LogP contribution in [0.3, 0.4) is 0 Å². The van der Waals surface area contributed by atoms with E-state index in [9.17, 15) is 15.0 Å². The summed E-state index contributed by atoms with van der Waals surface area (Å²) in [7, 11) is 0. The van der Waals surface area contributed by atoms with Gasteiger partial charge in [-0.25, -0.2) is 0 Å². The van der Waals surface area contributed by atoms with Crippen LogP contribution in [0.15, 0.2) is 36.4 Å². The van der Waals surface area contributed by atoms with Gasteiger partial charge in [0.15, 0.2) is 0 Å². The van der Waals surface area contributed by atoms with Crippen LogP contribution in [-0.4, -0.2) is 34.1 Å². The molecule has 0 radical (unpaired) electrons. The zero-order valence-corrected chi connectivity index (χ0v) is 15.0. The maximum atomic E-state index is 11.7. The van der Waals surface area contributed by atoms with Crippen LogP contribution in [0.2, 0.25) is 0 Å². The van der Waals surface area contributed by atoms with E-state index < -0.39 is 0 Å². The Kier molecular flexibility index (Phi) is 4.46. The van der Waals surface area contributed by atoms with Gasteiger partial charge < -0.3 is 15.1 Å². The average Bonchev–Trinajstić information content (AvgIpc) is 2.59. The molecule has 4 nitrogen and oxygen atoms in total. The molecule has 0 spiro atoms. The molecule has 0 unspecified atom stereocenters. The minimum Gasteiger partial charge on any atom is -0.508 e. The number of aromatic hydroxyl groups is 2. The fraction of sp³-hybridized carbons (Fsp3) is 0.381. The predicted octanol–water partition coefficient (Wildman–Crippen LogP) is 3.64. The van der Waals surface area contributed by atoms with Crippen LogP contribution >= 0.6 is 0 Å². The molecule has 0 saturated carbocycles. The highest BCUT2D eigenvalue weighted by Crippen LogP contribution is 2.43. The second-order valence-corrected chi connectivity index (χ2v) is 7.09. The summed E-state index contributed by atoms with van der Waals surface area (Å²) < 4.78 is 0. The Balaban J connectivity index is 2.10. The number of likely N-dealkylation sites (tertiary alicyclic amines) is 1. The lowest BCUT2D eigenvalue weighted by Crippen LogP contribution is -2.45. The first-order valence-electron chi connectivity index (χ1n) is 8.69. The van der Waals surface area contributed by atoms with Crippen molar-refractivity contribution < 1.29 is 15.0 Å². The van der Waals surface area contributed by atoms with E-state index in [2.05, 4.69) is 0 Å². The van der Waals surface area contributed by atoms with Gasteiger partial charge in [-0.1, -0.05) is 24.3 Å². The molecular formula is C21H25NO3. The normalized spacial score (nSPS) is 16.7. The molecule has 2 N–H and O–H groups in total. The predicted molar refractivity (Wildman–Crippen MR) is 98.0 cm³/mol. The van der Waals surface area contributed by atoms with Crippen LogP contribution in [0.5, 0.6) is 11.5 Å². The summed E-state index contributed by atoms with van der Waals surface area (Å²) in [4.78, 5) is 13.6. The number of hydrogen-bond donors (Lipinski definition) is 2. The van der Waals surface area contributed by atoms with Crippen LogP contribution in [0.25, 0.3) is 0 Å². The molecule has 0 bridgehead atoms. The first-order chi connectivity index (χ1) is 11.8. The number of phenols is 2. The summed E-state index contributed by atoms with van der Waals surface area (Å²) in [5.74, 6) is 0.696. The van der Waals surface area contributed by atoms with Crippen molar-refractivity contribution in [3.05, 3.63) is 58.7 Å². The highest BCUT2D eigenvalue weighted by atomic mass is 16.3. The van der Waals surface area contributed by atoms with Gasteiger partial charge in [0.2, 0.25) is 5.91 Å². The van der Waals surface area contributed by atoms with Crippen LogP contribution in [0.4, 0.5) is 0 Å². The Hall–Kier alpha value is -2.49. The van der Waals surface area contributed by atoms with Crippen LogP contribution in [-0.2, 0) is 10.2 Å². The van der Waals surface area contributed by atoms with Gasteiger partial charge >= 0.3 is 0 Å². The molecule has 1 aliphatic heterocycles. The standard InChI is InChI=1S/C21H25NO3/c1-14-12-17(4-6-19(14)24)21(8-10-22(11-9-21)16(3)23)18-5-7-20(25)15(2)13-18/h4-7,12-13,24-25H,8-11H2,1-3H3. The van der Waals surface area contributed by atoms with E-state index in [0.29, 0.717) is 24.6 Å². The summed E-state index contributed by atoms with van der Waals surface area (Å²) in [5.41, 5.74) is 3.78. The first kappa shape index (κ1) is 17.3. The number of benzene rings is 2. The average molecular weight is 339 g/mol. The molecule has 2 aromatic carbocycles. The molecule has 1 aliphatic rings. The summed E-state index contributed by atoms with van der Waals surface area (Å²) in [6.45, 7) is 6.82. The van der Waals surface area contributed by atoms with Gasteiger partial charge in [0, 0.05) is 25.4 Å². The fourth-order valence-electron chi connectivity index (χ4n) is 3.85. The third-order valence-corrected chi connectivity index (χ3v) is 5.56. The third kappa shape index (κ3) is 3.09. The zero-order valence-electron chi connectivity index (χ0n) is 15.0. The monoisotopic (exact) mass is 339 g/mol. The third-order valence-electron chi connectivity index (χ3n) is 5.56. The van der Waals surface area contributed by atoms with Crippen molar-refractivity contribution in [2.45, 2.75) is 39.0 Å². The van der Waals surface area contributed by atoms with Crippen LogP contribution in [0, 0.1) is 13.8 Å². The van der Waals surface area contributed by atoms with Crippen molar-refractivity contribution in [3.63, 3.8) is 0 Å². The molecule has 1 heterocycles. The molecule has 4 heteroatoms. The number of carbonyl (C=O) groups excluding carboxylic acids is 1. The molecule has 3 rings (SSSR count). The number of amides is 1. The minimum atomic E-state index is -0.219. The van der Waals surface area contributed by atoms with Crippen LogP contribution < -0.4 is 0 Å². The van der Waals surface area contributed by atoms with E-state index in [1.807, 2.05) is 43.0 Å². The molecule has 0 aromatic heterocycles. The number of carbonyl (C=O) groups is 1. The number of piperidine rings is 1. The van der Waals surface area contributed by atoms with Gasteiger partial charge in [-0.05, 0) is 61.1 Å². The van der Waals surface area contributed by atoms with Gasteiger partial charge in [-0.2, -0.15) is 0 Å². The van der Waals surface area contributed by atoms with E-state index in [1.165, 1.54) is 0 Å². The van der Waals surface area contributed by atoms with E-state index in [0.717, 1.165) is 35.1 Å². The summed E-state index contributed by atoms with van der Waals surface area (Å²) in [5, 5.41) is 19.8. The SMILES string of the molecule is CC(=O)N1CCC(c2ccc(O)c(C)c2)(c2ccc(O)c(C)c2)CC1. The van der Waals surface area contributed by atoms with Gasteiger partial charge in [-0.3, -0.25) is 4.79 Å². The molecule has 25 heavy (non-hydrogen) atoms. The number of nitrogens with zero attached hydrogens (tertiary/aromatic N) is 1. The maximum absolute atomic E-state index is 11.7. The van der Waals surface area contributed by atoms with Crippen molar-refractivity contribution >= 4 is 5.91 Å². The molecule has 0 aliphatic carbocycles. The van der Waals surface area contributed by atoms with Crippen LogP contribution in [0.1, 0.15) is 42.0 Å². The Morgan fingerprint density at radius 3 is 1.72 bits per heavy atom. The molecule has 1 amide bonds. The Morgan fingerprint density at radius 1 is 0.920 bits per heavy atom. The summed E-state index contributed by atoms with van der Waals surface area (Å²) in [6.07, 6.45) is 1.64. The van der Waals surface area contributed by atoms with E-state index >= 15 is 0 Å². The Labute approximate surface area is 148 Å². The molecule has 0 atom stereocenters. The number of rotatable bonds is 2. The number of hydrogen-bond acceptors (Lipinski definition) is 3. The first-order valence-corrected chi connectivity index (χ1v) is 8.69. The van der Waals surface area contributed by atoms with Crippen molar-refractivity contribution in [2.75, 3.05) is 13.1 Å². The Morgan fingerprint density at radius 2 is 1.36 bits per heavy atom.